The van der Waals surface area contributed by atoms with E-state index in [1.54, 1.807) is 12.4 Å². The normalized spacial score (nSPS) is 17.8. The van der Waals surface area contributed by atoms with Gasteiger partial charge in [-0.3, -0.25) is 4.99 Å². The number of hydrogen-bond donors (Lipinski definition) is 1. The zero-order valence-corrected chi connectivity index (χ0v) is 13.2. The van der Waals surface area contributed by atoms with E-state index in [0.29, 0.717) is 5.15 Å². The van der Waals surface area contributed by atoms with Crippen LogP contribution in [-0.4, -0.2) is 31.0 Å². The molecular formula is C17H18ClN3O. The van der Waals surface area contributed by atoms with Crippen molar-refractivity contribution in [3.05, 3.63) is 47.4 Å². The molecule has 1 aliphatic heterocycles. The summed E-state index contributed by atoms with van der Waals surface area (Å²) in [5, 5.41) is 2.56. The van der Waals surface area contributed by atoms with Crippen LogP contribution in [0.5, 0.6) is 0 Å². The van der Waals surface area contributed by atoms with Crippen molar-refractivity contribution in [3.63, 3.8) is 0 Å². The van der Waals surface area contributed by atoms with Crippen molar-refractivity contribution in [1.29, 1.82) is 0 Å². The van der Waals surface area contributed by atoms with Gasteiger partial charge in [0.05, 0.1) is 13.2 Å². The highest BCUT2D eigenvalue weighted by molar-refractivity contribution is 6.30. The van der Waals surface area contributed by atoms with Crippen LogP contribution < -0.4 is 5.73 Å². The molecule has 2 N–H and O–H groups in total. The molecule has 0 amide bonds. The number of aliphatic imine (C=N–C) groups is 1. The monoisotopic (exact) mass is 315 g/mol. The van der Waals surface area contributed by atoms with Gasteiger partial charge < -0.3 is 10.5 Å². The average molecular weight is 316 g/mol. The number of ether oxygens (including phenoxy) is 1. The minimum atomic E-state index is 0.165. The van der Waals surface area contributed by atoms with E-state index >= 15 is 0 Å². The third-order valence-electron chi connectivity index (χ3n) is 3.81. The molecule has 0 saturated carbocycles. The molecule has 1 aliphatic rings. The van der Waals surface area contributed by atoms with Crippen LogP contribution in [0.1, 0.15) is 12.5 Å². The first kappa shape index (κ1) is 15.0. The molecule has 22 heavy (non-hydrogen) atoms. The first-order valence-electron chi connectivity index (χ1n) is 7.15. The Morgan fingerprint density at radius 1 is 1.41 bits per heavy atom. The van der Waals surface area contributed by atoms with E-state index in [1.807, 2.05) is 30.5 Å². The van der Waals surface area contributed by atoms with E-state index in [1.165, 1.54) is 0 Å². The number of allylic oxidation sites excluding steroid dienone is 1. The van der Waals surface area contributed by atoms with Gasteiger partial charge in [-0.2, -0.15) is 0 Å². The Morgan fingerprint density at radius 2 is 2.23 bits per heavy atom. The summed E-state index contributed by atoms with van der Waals surface area (Å²) >= 11 is 5.95. The molecule has 0 aliphatic carbocycles. The molecular weight excluding hydrogens is 298 g/mol. The Bertz CT molecular complexity index is 751. The van der Waals surface area contributed by atoms with Gasteiger partial charge in [0.2, 0.25) is 0 Å². The largest absolute Gasteiger partial charge is 0.404 e. The van der Waals surface area contributed by atoms with Gasteiger partial charge in [0, 0.05) is 41.5 Å². The lowest BCUT2D eigenvalue weighted by Crippen LogP contribution is -2.42. The molecule has 0 radical (unpaired) electrons. The molecule has 1 aromatic heterocycles. The van der Waals surface area contributed by atoms with E-state index < -0.39 is 0 Å². The lowest BCUT2D eigenvalue weighted by Gasteiger charge is -2.36. The average Bonchev–Trinajstić information content (AvgIpc) is 2.49. The van der Waals surface area contributed by atoms with Crippen molar-refractivity contribution >= 4 is 34.2 Å². The summed E-state index contributed by atoms with van der Waals surface area (Å²) in [7, 11) is 0. The van der Waals surface area contributed by atoms with E-state index in [2.05, 4.69) is 16.9 Å². The van der Waals surface area contributed by atoms with Crippen molar-refractivity contribution in [1.82, 2.24) is 4.98 Å². The summed E-state index contributed by atoms with van der Waals surface area (Å²) in [6, 6.07) is 7.91. The van der Waals surface area contributed by atoms with E-state index in [9.17, 15) is 0 Å². The Balaban J connectivity index is 1.82. The topological polar surface area (TPSA) is 60.5 Å². The molecule has 0 unspecified atom stereocenters. The zero-order chi connectivity index (χ0) is 15.6. The highest BCUT2D eigenvalue weighted by atomic mass is 35.5. The van der Waals surface area contributed by atoms with Crippen LogP contribution in [0.25, 0.3) is 16.3 Å². The molecule has 114 valence electrons. The fourth-order valence-electron chi connectivity index (χ4n) is 2.41. The summed E-state index contributed by atoms with van der Waals surface area (Å²) in [4.78, 5) is 8.60. The number of aromatic nitrogens is 1. The molecule has 0 atom stereocenters. The Hall–Kier alpha value is -1.91. The van der Waals surface area contributed by atoms with Gasteiger partial charge in [0.25, 0.3) is 0 Å². The van der Waals surface area contributed by atoms with Crippen LogP contribution in [-0.2, 0) is 4.74 Å². The molecule has 2 heterocycles. The maximum absolute atomic E-state index is 5.95. The van der Waals surface area contributed by atoms with Gasteiger partial charge in [0.1, 0.15) is 5.15 Å². The number of pyridine rings is 1. The number of fused-ring (bicyclic) bond motifs is 1. The Labute approximate surface area is 134 Å². The van der Waals surface area contributed by atoms with Crippen LogP contribution in [0, 0.1) is 5.41 Å². The SMILES string of the molecule is CC1(CN=CC(=CN)c2ccc3cnc(Cl)cc3c2)COC1. The Morgan fingerprint density at radius 3 is 2.91 bits per heavy atom. The minimum absolute atomic E-state index is 0.165. The number of benzene rings is 1. The highest BCUT2D eigenvalue weighted by Crippen LogP contribution is 2.27. The van der Waals surface area contributed by atoms with Crippen molar-refractivity contribution in [3.8, 4) is 0 Å². The van der Waals surface area contributed by atoms with Crippen molar-refractivity contribution in [2.75, 3.05) is 19.8 Å². The second-order valence-electron chi connectivity index (χ2n) is 5.96. The van der Waals surface area contributed by atoms with Gasteiger partial charge >= 0.3 is 0 Å². The van der Waals surface area contributed by atoms with Gasteiger partial charge in [-0.25, -0.2) is 4.98 Å². The van der Waals surface area contributed by atoms with Gasteiger partial charge in [-0.15, -0.1) is 0 Å². The molecule has 1 saturated heterocycles. The van der Waals surface area contributed by atoms with Crippen LogP contribution >= 0.6 is 11.6 Å². The van der Waals surface area contributed by atoms with Crippen molar-refractivity contribution in [2.24, 2.45) is 16.1 Å². The van der Waals surface area contributed by atoms with Gasteiger partial charge in [-0.1, -0.05) is 30.7 Å². The van der Waals surface area contributed by atoms with E-state index in [-0.39, 0.29) is 5.41 Å². The second kappa shape index (κ2) is 6.07. The summed E-state index contributed by atoms with van der Waals surface area (Å²) in [6.45, 7) is 4.46. The van der Waals surface area contributed by atoms with Crippen LogP contribution in [0.2, 0.25) is 5.15 Å². The smallest absolute Gasteiger partial charge is 0.129 e. The van der Waals surface area contributed by atoms with Gasteiger partial charge in [-0.05, 0) is 23.1 Å². The predicted molar refractivity (Wildman–Crippen MR) is 91.2 cm³/mol. The maximum atomic E-state index is 5.95. The standard InChI is InChI=1S/C17H18ClN3O/c1-17(10-22-11-17)9-20-7-15(6-19)12-2-3-13-8-21-16(18)5-14(13)4-12/h2-8H,9-11,19H2,1H3. The van der Waals surface area contributed by atoms with E-state index in [0.717, 1.165) is 41.7 Å². The quantitative estimate of drug-likeness (QED) is 0.695. The maximum Gasteiger partial charge on any atom is 0.129 e. The summed E-state index contributed by atoms with van der Waals surface area (Å²) < 4.78 is 5.23. The van der Waals surface area contributed by atoms with Crippen LogP contribution in [0.15, 0.2) is 41.7 Å². The molecule has 3 rings (SSSR count). The van der Waals surface area contributed by atoms with Gasteiger partial charge in [0.15, 0.2) is 0 Å². The zero-order valence-electron chi connectivity index (χ0n) is 12.4. The molecule has 0 spiro atoms. The summed E-state index contributed by atoms with van der Waals surface area (Å²) in [5.74, 6) is 0. The lowest BCUT2D eigenvalue weighted by molar-refractivity contribution is -0.0944. The number of nitrogens with zero attached hydrogens (tertiary/aromatic N) is 2. The van der Waals surface area contributed by atoms with Crippen molar-refractivity contribution < 1.29 is 4.74 Å². The summed E-state index contributed by atoms with van der Waals surface area (Å²) in [5.41, 5.74) is 7.82. The van der Waals surface area contributed by atoms with Crippen molar-refractivity contribution in [2.45, 2.75) is 6.92 Å². The predicted octanol–water partition coefficient (Wildman–Crippen LogP) is 3.30. The van der Waals surface area contributed by atoms with Crippen LogP contribution in [0.3, 0.4) is 0 Å². The third kappa shape index (κ3) is 3.13. The first-order chi connectivity index (χ1) is 10.6. The highest BCUT2D eigenvalue weighted by Gasteiger charge is 2.32. The molecule has 5 heteroatoms. The number of nitrogens with two attached hydrogens (primary N) is 1. The fourth-order valence-corrected chi connectivity index (χ4v) is 2.58. The van der Waals surface area contributed by atoms with E-state index in [4.69, 9.17) is 22.1 Å². The van der Waals surface area contributed by atoms with Crippen LogP contribution in [0.4, 0.5) is 0 Å². The lowest BCUT2D eigenvalue weighted by atomic mass is 9.89. The second-order valence-corrected chi connectivity index (χ2v) is 6.35. The number of halogens is 1. The molecule has 1 aromatic carbocycles. The number of rotatable bonds is 4. The fraction of sp³-hybridized carbons (Fsp3) is 0.294. The number of hydrogen-bond acceptors (Lipinski definition) is 4. The molecule has 4 nitrogen and oxygen atoms in total. The summed E-state index contributed by atoms with van der Waals surface area (Å²) in [6.07, 6.45) is 5.17. The third-order valence-corrected chi connectivity index (χ3v) is 4.01. The Kier molecular flexibility index (Phi) is 4.14. The first-order valence-corrected chi connectivity index (χ1v) is 7.53. The molecule has 2 aromatic rings. The molecule has 0 bridgehead atoms. The minimum Gasteiger partial charge on any atom is -0.404 e. The molecule has 1 fully saturated rings.